The Balaban J connectivity index is 1.72. The van der Waals surface area contributed by atoms with Crippen molar-refractivity contribution in [3.63, 3.8) is 0 Å². The van der Waals surface area contributed by atoms with E-state index in [1.54, 1.807) is 12.1 Å². The molecule has 0 amide bonds. The highest BCUT2D eigenvalue weighted by molar-refractivity contribution is 7.89. The summed E-state index contributed by atoms with van der Waals surface area (Å²) in [5, 5.41) is 14.9. The van der Waals surface area contributed by atoms with E-state index < -0.39 is 20.5 Å². The molecule has 3 rings (SSSR count). The maximum Gasteiger partial charge on any atom is 0.270 e. The third-order valence-electron chi connectivity index (χ3n) is 3.59. The molecule has 3 aromatic rings. The third-order valence-corrected chi connectivity index (χ3v) is 5.05. The number of sulfonamides is 1. The Bertz CT molecular complexity index is 1120. The van der Waals surface area contributed by atoms with E-state index in [2.05, 4.69) is 9.82 Å². The Labute approximate surface area is 153 Å². The molecule has 140 valence electrons. The number of furan rings is 1. The molecule has 0 radical (unpaired) electrons. The fourth-order valence-corrected chi connectivity index (χ4v) is 3.36. The van der Waals surface area contributed by atoms with E-state index in [0.717, 1.165) is 10.7 Å². The van der Waals surface area contributed by atoms with Crippen LogP contribution in [0.3, 0.4) is 0 Å². The maximum absolute atomic E-state index is 12.3. The van der Waals surface area contributed by atoms with Gasteiger partial charge in [0.05, 0.1) is 22.6 Å². The molecule has 0 saturated heterocycles. The minimum atomic E-state index is -3.97. The van der Waals surface area contributed by atoms with Gasteiger partial charge in [-0.15, -0.1) is 0 Å². The summed E-state index contributed by atoms with van der Waals surface area (Å²) in [4.78, 5) is 21.8. The van der Waals surface area contributed by atoms with Crippen LogP contribution in [-0.2, 0) is 16.6 Å². The molecule has 0 bridgehead atoms. The summed E-state index contributed by atoms with van der Waals surface area (Å²) in [6, 6.07) is 10.9. The highest BCUT2D eigenvalue weighted by atomic mass is 32.2. The second-order valence-electron chi connectivity index (χ2n) is 5.41. The topological polar surface area (TPSA) is 137 Å². The average molecular weight is 390 g/mol. The van der Waals surface area contributed by atoms with Crippen molar-refractivity contribution in [2.24, 2.45) is 0 Å². The van der Waals surface area contributed by atoms with Crippen LogP contribution in [0.25, 0.3) is 11.5 Å². The maximum atomic E-state index is 12.3. The molecule has 0 atom stereocenters. The van der Waals surface area contributed by atoms with Crippen LogP contribution >= 0.6 is 0 Å². The molecule has 10 nitrogen and oxygen atoms in total. The van der Waals surface area contributed by atoms with Crippen molar-refractivity contribution in [3.8, 4) is 11.5 Å². The van der Waals surface area contributed by atoms with Gasteiger partial charge in [-0.2, -0.15) is 5.10 Å². The lowest BCUT2D eigenvalue weighted by Crippen LogP contribution is -2.32. The minimum absolute atomic E-state index is 0.0263. The van der Waals surface area contributed by atoms with E-state index in [4.69, 9.17) is 4.42 Å². The van der Waals surface area contributed by atoms with Gasteiger partial charge in [-0.1, -0.05) is 6.07 Å². The Hall–Kier alpha value is -3.31. The summed E-state index contributed by atoms with van der Waals surface area (Å²) >= 11 is 0. The number of nitrogens with zero attached hydrogens (tertiary/aromatic N) is 3. The molecule has 0 aliphatic heterocycles. The largest absolute Gasteiger partial charge is 0.463 e. The van der Waals surface area contributed by atoms with Crippen LogP contribution in [0.5, 0.6) is 0 Å². The van der Waals surface area contributed by atoms with E-state index in [0.29, 0.717) is 11.5 Å². The smallest absolute Gasteiger partial charge is 0.270 e. The highest BCUT2D eigenvalue weighted by Gasteiger charge is 2.17. The van der Waals surface area contributed by atoms with Crippen LogP contribution in [-0.4, -0.2) is 29.7 Å². The Morgan fingerprint density at radius 1 is 1.19 bits per heavy atom. The molecule has 0 fully saturated rings. The normalized spacial score (nSPS) is 11.4. The van der Waals surface area contributed by atoms with E-state index in [1.165, 1.54) is 36.6 Å². The van der Waals surface area contributed by atoms with Crippen LogP contribution in [0.1, 0.15) is 0 Å². The predicted molar refractivity (Wildman–Crippen MR) is 94.5 cm³/mol. The quantitative estimate of drug-likeness (QED) is 0.475. The summed E-state index contributed by atoms with van der Waals surface area (Å²) < 4.78 is 33.2. The Kier molecular flexibility index (Phi) is 5.14. The second-order valence-corrected chi connectivity index (χ2v) is 7.18. The first-order chi connectivity index (χ1) is 12.9. The fraction of sp³-hybridized carbons (Fsp3) is 0.125. The second kappa shape index (κ2) is 7.51. The van der Waals surface area contributed by atoms with Crippen molar-refractivity contribution < 1.29 is 17.8 Å². The molecule has 2 aromatic heterocycles. The monoisotopic (exact) mass is 390 g/mol. The van der Waals surface area contributed by atoms with Gasteiger partial charge in [-0.3, -0.25) is 14.9 Å². The number of rotatable bonds is 7. The molecular weight excluding hydrogens is 376 g/mol. The first-order valence-electron chi connectivity index (χ1n) is 7.73. The van der Waals surface area contributed by atoms with Crippen molar-refractivity contribution in [1.29, 1.82) is 0 Å². The molecule has 1 aromatic carbocycles. The molecule has 0 unspecified atom stereocenters. The van der Waals surface area contributed by atoms with Crippen LogP contribution in [0, 0.1) is 10.1 Å². The number of aromatic nitrogens is 2. The Morgan fingerprint density at radius 2 is 2.00 bits per heavy atom. The first kappa shape index (κ1) is 18.5. The van der Waals surface area contributed by atoms with Gasteiger partial charge < -0.3 is 4.42 Å². The van der Waals surface area contributed by atoms with Gasteiger partial charge in [-0.05, 0) is 24.3 Å². The van der Waals surface area contributed by atoms with Crippen molar-refractivity contribution >= 4 is 15.7 Å². The van der Waals surface area contributed by atoms with E-state index >= 15 is 0 Å². The molecule has 0 aliphatic carbocycles. The fourth-order valence-electron chi connectivity index (χ4n) is 2.30. The lowest BCUT2D eigenvalue weighted by atomic mass is 10.3. The minimum Gasteiger partial charge on any atom is -0.463 e. The van der Waals surface area contributed by atoms with E-state index in [9.17, 15) is 23.3 Å². The number of nitro benzene ring substituents is 1. The van der Waals surface area contributed by atoms with Crippen LogP contribution in [0.15, 0.2) is 68.9 Å². The van der Waals surface area contributed by atoms with Gasteiger partial charge in [-0.25, -0.2) is 17.8 Å². The molecule has 0 aliphatic rings. The van der Waals surface area contributed by atoms with Gasteiger partial charge in [0.25, 0.3) is 11.2 Å². The number of benzene rings is 1. The van der Waals surface area contributed by atoms with Crippen molar-refractivity contribution in [1.82, 2.24) is 14.5 Å². The molecule has 1 N–H and O–H groups in total. The van der Waals surface area contributed by atoms with E-state index in [1.807, 2.05) is 0 Å². The standard InChI is InChI=1S/C16H14N4O6S/c21-16-7-6-14(15-5-2-10-26-15)18-19(16)9-8-17-27(24,25)13-4-1-3-12(11-13)20(22)23/h1-7,10-11,17H,8-9H2. The van der Waals surface area contributed by atoms with Crippen molar-refractivity contribution in [2.45, 2.75) is 11.4 Å². The van der Waals surface area contributed by atoms with Gasteiger partial charge in [0.15, 0.2) is 5.76 Å². The number of nitro groups is 1. The zero-order chi connectivity index (χ0) is 19.4. The van der Waals surface area contributed by atoms with Crippen molar-refractivity contribution in [3.05, 3.63) is 75.3 Å². The molecule has 27 heavy (non-hydrogen) atoms. The summed E-state index contributed by atoms with van der Waals surface area (Å²) in [6.45, 7) is -0.152. The number of hydrogen-bond donors (Lipinski definition) is 1. The van der Waals surface area contributed by atoms with Gasteiger partial charge in [0.1, 0.15) is 5.69 Å². The lowest BCUT2D eigenvalue weighted by Gasteiger charge is -2.08. The zero-order valence-electron chi connectivity index (χ0n) is 13.8. The lowest BCUT2D eigenvalue weighted by molar-refractivity contribution is -0.385. The van der Waals surface area contributed by atoms with Crippen LogP contribution < -0.4 is 10.3 Å². The average Bonchev–Trinajstić information content (AvgIpc) is 3.18. The molecule has 11 heteroatoms. The molecular formula is C16H14N4O6S. The van der Waals surface area contributed by atoms with E-state index in [-0.39, 0.29) is 23.7 Å². The number of non-ortho nitro benzene ring substituents is 1. The summed E-state index contributed by atoms with van der Waals surface area (Å²) in [7, 11) is -3.97. The Morgan fingerprint density at radius 3 is 2.70 bits per heavy atom. The first-order valence-corrected chi connectivity index (χ1v) is 9.21. The summed E-state index contributed by atoms with van der Waals surface area (Å²) in [5.41, 5.74) is -0.303. The third kappa shape index (κ3) is 4.27. The van der Waals surface area contributed by atoms with Gasteiger partial charge in [0.2, 0.25) is 10.0 Å². The molecule has 2 heterocycles. The van der Waals surface area contributed by atoms with Crippen LogP contribution in [0.2, 0.25) is 0 Å². The SMILES string of the molecule is O=c1ccc(-c2ccco2)nn1CCNS(=O)(=O)c1cccc([N+](=O)[O-])c1. The van der Waals surface area contributed by atoms with Crippen LogP contribution in [0.4, 0.5) is 5.69 Å². The number of hydrogen-bond acceptors (Lipinski definition) is 7. The molecule has 0 saturated carbocycles. The summed E-state index contributed by atoms with van der Waals surface area (Å²) in [6.07, 6.45) is 1.47. The highest BCUT2D eigenvalue weighted by Crippen LogP contribution is 2.17. The van der Waals surface area contributed by atoms with Crippen molar-refractivity contribution in [2.75, 3.05) is 6.54 Å². The van der Waals surface area contributed by atoms with Gasteiger partial charge >= 0.3 is 0 Å². The predicted octanol–water partition coefficient (Wildman–Crippen LogP) is 1.39. The summed E-state index contributed by atoms with van der Waals surface area (Å²) in [5.74, 6) is 0.473. The number of nitrogens with one attached hydrogen (secondary N) is 1. The molecule has 0 spiro atoms. The van der Waals surface area contributed by atoms with Gasteiger partial charge in [0, 0.05) is 24.7 Å². The zero-order valence-corrected chi connectivity index (χ0v) is 14.6.